The molecule has 8 heteroatoms. The number of ether oxygens (including phenoxy) is 2. The van der Waals surface area contributed by atoms with E-state index in [2.05, 4.69) is 34.3 Å². The summed E-state index contributed by atoms with van der Waals surface area (Å²) in [5.74, 6) is -0.883. The van der Waals surface area contributed by atoms with Crippen molar-refractivity contribution in [3.63, 3.8) is 0 Å². The lowest BCUT2D eigenvalue weighted by Crippen LogP contribution is -2.70. The van der Waals surface area contributed by atoms with Gasteiger partial charge >= 0.3 is 11.9 Å². The molecule has 0 aromatic carbocycles. The van der Waals surface area contributed by atoms with Crippen LogP contribution >= 0.6 is 0 Å². The molecule has 0 aliphatic heterocycles. The third-order valence-electron chi connectivity index (χ3n) is 14.4. The van der Waals surface area contributed by atoms with E-state index < -0.39 is 59.2 Å². The second-order valence-corrected chi connectivity index (χ2v) is 17.2. The zero-order valence-corrected chi connectivity index (χ0v) is 30.1. The summed E-state index contributed by atoms with van der Waals surface area (Å²) in [5.41, 5.74) is -3.21. The number of carbonyl (C=O) groups excluding carboxylic acids is 2. The lowest BCUT2D eigenvalue weighted by molar-refractivity contribution is -0.277. The van der Waals surface area contributed by atoms with Gasteiger partial charge in [0.25, 0.3) is 0 Å². The van der Waals surface area contributed by atoms with Crippen molar-refractivity contribution in [2.75, 3.05) is 13.2 Å². The van der Waals surface area contributed by atoms with E-state index in [0.717, 1.165) is 25.7 Å². The number of hydrogen-bond acceptors (Lipinski definition) is 8. The van der Waals surface area contributed by atoms with Crippen LogP contribution in [0.1, 0.15) is 107 Å². The summed E-state index contributed by atoms with van der Waals surface area (Å²) in [4.78, 5) is 24.9. The largest absolute Gasteiger partial charge is 0.462 e. The smallest absolute Gasteiger partial charge is 0.330 e. The first kappa shape index (κ1) is 37.8. The number of fused-ring (bicyclic) bond motifs is 2. The minimum atomic E-state index is -1.23. The maximum Gasteiger partial charge on any atom is 0.330 e. The third-order valence-corrected chi connectivity index (χ3v) is 14.4. The van der Waals surface area contributed by atoms with Gasteiger partial charge in [-0.2, -0.15) is 0 Å². The number of esters is 2. The van der Waals surface area contributed by atoms with Gasteiger partial charge in [0, 0.05) is 23.0 Å². The standard InChI is InChI=1S/C39H62O8/c1-10-13-27-36(7)18-17-28(41)37(8,24-46-30(43)14-11-2)26(36)16-19-38(27,9)35(6)21-25-20-34(4,5)33(47-31(44)15-12-3)32(45)39(25,23-40)29(42)22-35/h10-12,14-15,25-29,32-33,40-42,45H,1,13,16-24H2,2-9H3/b14-11+,15-12+/t25?,26?,27?,28-,29+,32-,33-,35-,36-,37+,38+,39-/m0/s1. The Balaban J connectivity index is 1.72. The van der Waals surface area contributed by atoms with E-state index in [1.54, 1.807) is 26.0 Å². The Bertz CT molecular complexity index is 1240. The quantitative estimate of drug-likeness (QED) is 0.136. The number of carbonyl (C=O) groups is 2. The molecule has 4 aliphatic carbocycles. The van der Waals surface area contributed by atoms with E-state index in [4.69, 9.17) is 9.47 Å². The third kappa shape index (κ3) is 5.97. The molecule has 8 nitrogen and oxygen atoms in total. The van der Waals surface area contributed by atoms with Gasteiger partial charge in [0.15, 0.2) is 0 Å². The summed E-state index contributed by atoms with van der Waals surface area (Å²) in [6.07, 6.45) is 9.87. The Morgan fingerprint density at radius 1 is 0.872 bits per heavy atom. The van der Waals surface area contributed by atoms with Crippen LogP contribution in [-0.2, 0) is 19.1 Å². The van der Waals surface area contributed by atoms with Crippen molar-refractivity contribution >= 4 is 11.9 Å². The van der Waals surface area contributed by atoms with Gasteiger partial charge < -0.3 is 29.9 Å². The second-order valence-electron chi connectivity index (χ2n) is 17.2. The first-order valence-electron chi connectivity index (χ1n) is 17.8. The molecular formula is C39H62O8. The highest BCUT2D eigenvalue weighted by atomic mass is 16.6. The summed E-state index contributed by atoms with van der Waals surface area (Å²) in [6, 6.07) is 0. The molecule has 0 aromatic heterocycles. The highest BCUT2D eigenvalue weighted by Gasteiger charge is 2.70. The Morgan fingerprint density at radius 2 is 1.51 bits per heavy atom. The molecular weight excluding hydrogens is 596 g/mol. The van der Waals surface area contributed by atoms with Gasteiger partial charge in [-0.15, -0.1) is 6.58 Å². The fraction of sp³-hybridized carbons (Fsp3) is 0.795. The zero-order chi connectivity index (χ0) is 35.2. The lowest BCUT2D eigenvalue weighted by Gasteiger charge is -2.70. The molecule has 0 saturated heterocycles. The molecule has 4 fully saturated rings. The Kier molecular flexibility index (Phi) is 10.8. The molecule has 0 amide bonds. The molecule has 12 atom stereocenters. The molecule has 4 aliphatic rings. The van der Waals surface area contributed by atoms with E-state index >= 15 is 0 Å². The summed E-state index contributed by atoms with van der Waals surface area (Å²) in [5, 5.41) is 46.5. The zero-order valence-electron chi connectivity index (χ0n) is 30.1. The van der Waals surface area contributed by atoms with E-state index in [1.807, 2.05) is 19.9 Å². The molecule has 0 radical (unpaired) electrons. The van der Waals surface area contributed by atoms with Gasteiger partial charge in [-0.1, -0.05) is 59.8 Å². The predicted octanol–water partition coefficient (Wildman–Crippen LogP) is 5.92. The van der Waals surface area contributed by atoms with Crippen LogP contribution in [-0.4, -0.2) is 70.0 Å². The molecule has 0 aromatic rings. The van der Waals surface area contributed by atoms with Crippen molar-refractivity contribution in [2.24, 2.45) is 50.2 Å². The molecule has 0 bridgehead atoms. The normalized spacial score (nSPS) is 46.4. The topological polar surface area (TPSA) is 134 Å². The number of hydrogen-bond donors (Lipinski definition) is 4. The molecule has 4 rings (SSSR count). The van der Waals surface area contributed by atoms with E-state index in [1.165, 1.54) is 12.2 Å². The fourth-order valence-corrected chi connectivity index (χ4v) is 11.6. The number of aliphatic hydroxyl groups excluding tert-OH is 4. The predicted molar refractivity (Wildman–Crippen MR) is 182 cm³/mol. The van der Waals surface area contributed by atoms with Crippen LogP contribution in [0.2, 0.25) is 0 Å². The minimum Gasteiger partial charge on any atom is -0.462 e. The van der Waals surface area contributed by atoms with E-state index in [9.17, 15) is 30.0 Å². The van der Waals surface area contributed by atoms with Crippen molar-refractivity contribution in [1.82, 2.24) is 0 Å². The van der Waals surface area contributed by atoms with Gasteiger partial charge in [-0.05, 0) is 99.2 Å². The van der Waals surface area contributed by atoms with Crippen LogP contribution in [0.25, 0.3) is 0 Å². The van der Waals surface area contributed by atoms with Crippen LogP contribution in [0, 0.1) is 50.2 Å². The van der Waals surface area contributed by atoms with Crippen LogP contribution in [0.3, 0.4) is 0 Å². The van der Waals surface area contributed by atoms with Gasteiger partial charge in [-0.3, -0.25) is 0 Å². The molecule has 47 heavy (non-hydrogen) atoms. The molecule has 4 N–H and O–H groups in total. The first-order chi connectivity index (χ1) is 21.9. The van der Waals surface area contributed by atoms with Gasteiger partial charge in [-0.25, -0.2) is 9.59 Å². The Labute approximate surface area is 282 Å². The van der Waals surface area contributed by atoms with Gasteiger partial charge in [0.1, 0.15) is 12.2 Å². The number of allylic oxidation sites excluding steroid dienone is 3. The highest BCUT2D eigenvalue weighted by Crippen LogP contribution is 2.73. The maximum absolute atomic E-state index is 12.5. The van der Waals surface area contributed by atoms with E-state index in [-0.39, 0.29) is 40.6 Å². The first-order valence-corrected chi connectivity index (χ1v) is 17.8. The number of rotatable bonds is 9. The SMILES string of the molecule is C=CCC1[C@@]2(C)CC[C@H](O)[C@](C)(COC(=O)/C=C/C)C2CC[C@@]1(C)[C@@]1(C)CC2CC(C)(C)[C@@H](OC(=O)/C=C/C)[C@H](O)[C@]2(CO)[C@H](O)C1. The average Bonchev–Trinajstić information content (AvgIpc) is 2.98. The maximum atomic E-state index is 12.5. The van der Waals surface area contributed by atoms with Crippen LogP contribution in [0.15, 0.2) is 37.0 Å². The minimum absolute atomic E-state index is 0.104. The van der Waals surface area contributed by atoms with Gasteiger partial charge in [0.2, 0.25) is 0 Å². The van der Waals surface area contributed by atoms with Crippen molar-refractivity contribution in [3.8, 4) is 0 Å². The highest BCUT2D eigenvalue weighted by molar-refractivity contribution is 5.82. The second kappa shape index (κ2) is 13.4. The van der Waals surface area contributed by atoms with Crippen LogP contribution < -0.4 is 0 Å². The number of aliphatic hydroxyl groups is 4. The Hall–Kier alpha value is -2.00. The summed E-state index contributed by atoms with van der Waals surface area (Å²) in [6.45, 7) is 20.5. The summed E-state index contributed by atoms with van der Waals surface area (Å²) >= 11 is 0. The van der Waals surface area contributed by atoms with Crippen LogP contribution in [0.4, 0.5) is 0 Å². The molecule has 266 valence electrons. The molecule has 3 unspecified atom stereocenters. The molecule has 4 saturated carbocycles. The fourth-order valence-electron chi connectivity index (χ4n) is 11.6. The molecule has 0 heterocycles. The molecule has 0 spiro atoms. The summed E-state index contributed by atoms with van der Waals surface area (Å²) in [7, 11) is 0. The van der Waals surface area contributed by atoms with Crippen molar-refractivity contribution < 1.29 is 39.5 Å². The summed E-state index contributed by atoms with van der Waals surface area (Å²) < 4.78 is 11.5. The van der Waals surface area contributed by atoms with Crippen molar-refractivity contribution in [3.05, 3.63) is 37.0 Å². The van der Waals surface area contributed by atoms with Crippen molar-refractivity contribution in [1.29, 1.82) is 0 Å². The van der Waals surface area contributed by atoms with Crippen molar-refractivity contribution in [2.45, 2.75) is 131 Å². The van der Waals surface area contributed by atoms with E-state index in [0.29, 0.717) is 25.7 Å². The van der Waals surface area contributed by atoms with Gasteiger partial charge in [0.05, 0.1) is 30.8 Å². The van der Waals surface area contributed by atoms with Crippen LogP contribution in [0.5, 0.6) is 0 Å². The lowest BCUT2D eigenvalue weighted by atomic mass is 9.35. The Morgan fingerprint density at radius 3 is 2.11 bits per heavy atom. The monoisotopic (exact) mass is 658 g/mol. The average molecular weight is 659 g/mol.